The molecule has 0 heterocycles. The normalized spacial score (nSPS) is 11.7. The Labute approximate surface area is 78.9 Å². The molecule has 0 saturated heterocycles. The Hall–Kier alpha value is -1.31. The van der Waals surface area contributed by atoms with Crippen LogP contribution in [-0.2, 0) is 6.42 Å². The van der Waals surface area contributed by atoms with Crippen LogP contribution in [-0.4, -0.2) is 10.9 Å². The van der Waals surface area contributed by atoms with Crippen LogP contribution in [0.25, 0.3) is 0 Å². The summed E-state index contributed by atoms with van der Waals surface area (Å²) < 4.78 is 0. The Balaban J connectivity index is 2.80. The van der Waals surface area contributed by atoms with E-state index >= 15 is 0 Å². The van der Waals surface area contributed by atoms with Crippen molar-refractivity contribution in [1.82, 2.24) is 0 Å². The highest BCUT2D eigenvalue weighted by molar-refractivity contribution is 5.85. The van der Waals surface area contributed by atoms with Crippen LogP contribution in [0.2, 0.25) is 0 Å². The summed E-state index contributed by atoms with van der Waals surface area (Å²) in [6.45, 7) is 4.06. The second-order valence-corrected chi connectivity index (χ2v) is 3.12. The first-order valence-electron chi connectivity index (χ1n) is 4.52. The monoisotopic (exact) mass is 177 g/mol. The molecule has 0 spiro atoms. The minimum atomic E-state index is 0.750. The summed E-state index contributed by atoms with van der Waals surface area (Å²) in [6, 6.07) is 8.16. The number of oxime groups is 1. The van der Waals surface area contributed by atoms with Crippen LogP contribution in [0, 0.1) is 6.92 Å². The summed E-state index contributed by atoms with van der Waals surface area (Å²) in [5, 5.41) is 11.9. The van der Waals surface area contributed by atoms with E-state index in [2.05, 4.69) is 24.2 Å². The Kier molecular flexibility index (Phi) is 3.50. The van der Waals surface area contributed by atoms with Crippen molar-refractivity contribution in [3.8, 4) is 0 Å². The predicted molar refractivity (Wildman–Crippen MR) is 54.4 cm³/mol. The first kappa shape index (κ1) is 9.78. The van der Waals surface area contributed by atoms with Crippen LogP contribution in [0.1, 0.15) is 24.5 Å². The summed E-state index contributed by atoms with van der Waals surface area (Å²) in [7, 11) is 0. The maximum Gasteiger partial charge on any atom is 0.0611 e. The summed E-state index contributed by atoms with van der Waals surface area (Å²) in [5.41, 5.74) is 3.31. The molecule has 1 N–H and O–H groups in total. The maximum absolute atomic E-state index is 8.67. The van der Waals surface area contributed by atoms with E-state index in [9.17, 15) is 0 Å². The SMILES string of the molecule is CC/C(Cc1ccccc1C)=N/O. The van der Waals surface area contributed by atoms with Gasteiger partial charge in [-0.1, -0.05) is 36.3 Å². The van der Waals surface area contributed by atoms with Gasteiger partial charge in [-0.3, -0.25) is 0 Å². The minimum absolute atomic E-state index is 0.750. The molecule has 0 aromatic heterocycles. The maximum atomic E-state index is 8.67. The summed E-state index contributed by atoms with van der Waals surface area (Å²) in [5.74, 6) is 0. The quantitative estimate of drug-likeness (QED) is 0.430. The lowest BCUT2D eigenvalue weighted by Crippen LogP contribution is -2.02. The molecule has 2 nitrogen and oxygen atoms in total. The summed E-state index contributed by atoms with van der Waals surface area (Å²) >= 11 is 0. The molecule has 0 atom stereocenters. The molecule has 1 rings (SSSR count). The molecule has 0 aliphatic rings. The molecule has 1 aromatic carbocycles. The van der Waals surface area contributed by atoms with Gasteiger partial charge in [-0.05, 0) is 24.5 Å². The van der Waals surface area contributed by atoms with Gasteiger partial charge in [0, 0.05) is 6.42 Å². The molecule has 2 heteroatoms. The van der Waals surface area contributed by atoms with Crippen molar-refractivity contribution in [1.29, 1.82) is 0 Å². The third-order valence-corrected chi connectivity index (χ3v) is 2.21. The number of rotatable bonds is 3. The highest BCUT2D eigenvalue weighted by Crippen LogP contribution is 2.09. The van der Waals surface area contributed by atoms with Crippen molar-refractivity contribution in [2.24, 2.45) is 5.16 Å². The first-order chi connectivity index (χ1) is 6.27. The highest BCUT2D eigenvalue weighted by Gasteiger charge is 2.01. The van der Waals surface area contributed by atoms with E-state index in [4.69, 9.17) is 5.21 Å². The lowest BCUT2D eigenvalue weighted by atomic mass is 10.0. The van der Waals surface area contributed by atoms with E-state index in [0.29, 0.717) is 0 Å². The highest BCUT2D eigenvalue weighted by atomic mass is 16.4. The van der Waals surface area contributed by atoms with Crippen molar-refractivity contribution >= 4 is 5.71 Å². The number of nitrogens with zero attached hydrogens (tertiary/aromatic N) is 1. The van der Waals surface area contributed by atoms with Gasteiger partial charge in [0.1, 0.15) is 0 Å². The zero-order chi connectivity index (χ0) is 9.68. The van der Waals surface area contributed by atoms with Crippen LogP contribution in [0.3, 0.4) is 0 Å². The summed E-state index contributed by atoms with van der Waals surface area (Å²) in [6.07, 6.45) is 1.55. The smallest absolute Gasteiger partial charge is 0.0611 e. The van der Waals surface area contributed by atoms with Crippen LogP contribution >= 0.6 is 0 Å². The Morgan fingerprint density at radius 3 is 2.62 bits per heavy atom. The lowest BCUT2D eigenvalue weighted by molar-refractivity contribution is 0.317. The molecule has 0 bridgehead atoms. The van der Waals surface area contributed by atoms with E-state index in [-0.39, 0.29) is 0 Å². The lowest BCUT2D eigenvalue weighted by Gasteiger charge is -2.04. The van der Waals surface area contributed by atoms with E-state index in [1.807, 2.05) is 19.1 Å². The summed E-state index contributed by atoms with van der Waals surface area (Å²) in [4.78, 5) is 0. The van der Waals surface area contributed by atoms with Crippen molar-refractivity contribution in [2.75, 3.05) is 0 Å². The third kappa shape index (κ3) is 2.58. The van der Waals surface area contributed by atoms with E-state index in [1.165, 1.54) is 11.1 Å². The molecule has 0 aliphatic carbocycles. The van der Waals surface area contributed by atoms with Gasteiger partial charge < -0.3 is 5.21 Å². The van der Waals surface area contributed by atoms with Gasteiger partial charge in [-0.25, -0.2) is 0 Å². The van der Waals surface area contributed by atoms with Gasteiger partial charge in [0.25, 0.3) is 0 Å². The van der Waals surface area contributed by atoms with Gasteiger partial charge in [0.05, 0.1) is 5.71 Å². The molecular weight excluding hydrogens is 162 g/mol. The number of benzene rings is 1. The molecule has 70 valence electrons. The van der Waals surface area contributed by atoms with Gasteiger partial charge in [-0.2, -0.15) is 0 Å². The van der Waals surface area contributed by atoms with Crippen molar-refractivity contribution in [3.63, 3.8) is 0 Å². The Bertz CT molecular complexity index is 305. The van der Waals surface area contributed by atoms with Crippen LogP contribution in [0.15, 0.2) is 29.4 Å². The molecule has 0 aliphatic heterocycles. The fourth-order valence-corrected chi connectivity index (χ4v) is 1.26. The average molecular weight is 177 g/mol. The van der Waals surface area contributed by atoms with E-state index in [0.717, 1.165) is 18.6 Å². The molecule has 0 fully saturated rings. The van der Waals surface area contributed by atoms with Gasteiger partial charge in [-0.15, -0.1) is 0 Å². The average Bonchev–Trinajstić information content (AvgIpc) is 2.17. The standard InChI is InChI=1S/C11H15NO/c1-3-11(12-13)8-10-7-5-4-6-9(10)2/h4-7,13H,3,8H2,1-2H3/b12-11-. The van der Waals surface area contributed by atoms with Crippen LogP contribution in [0.5, 0.6) is 0 Å². The van der Waals surface area contributed by atoms with Gasteiger partial charge in [0.2, 0.25) is 0 Å². The molecule has 0 amide bonds. The largest absolute Gasteiger partial charge is 0.411 e. The Morgan fingerprint density at radius 2 is 2.08 bits per heavy atom. The van der Waals surface area contributed by atoms with Crippen LogP contribution < -0.4 is 0 Å². The van der Waals surface area contributed by atoms with Crippen molar-refractivity contribution in [2.45, 2.75) is 26.7 Å². The second-order valence-electron chi connectivity index (χ2n) is 3.12. The molecule has 13 heavy (non-hydrogen) atoms. The Morgan fingerprint density at radius 1 is 1.38 bits per heavy atom. The fraction of sp³-hybridized carbons (Fsp3) is 0.364. The van der Waals surface area contributed by atoms with E-state index in [1.54, 1.807) is 0 Å². The van der Waals surface area contributed by atoms with Crippen molar-refractivity contribution in [3.05, 3.63) is 35.4 Å². The predicted octanol–water partition coefficient (Wildman–Crippen LogP) is 2.78. The molecule has 1 aromatic rings. The fourth-order valence-electron chi connectivity index (χ4n) is 1.26. The number of hydrogen-bond acceptors (Lipinski definition) is 2. The van der Waals surface area contributed by atoms with Gasteiger partial charge in [0.15, 0.2) is 0 Å². The van der Waals surface area contributed by atoms with Gasteiger partial charge >= 0.3 is 0 Å². The topological polar surface area (TPSA) is 32.6 Å². The van der Waals surface area contributed by atoms with Crippen molar-refractivity contribution < 1.29 is 5.21 Å². The number of hydrogen-bond donors (Lipinski definition) is 1. The molecule has 0 unspecified atom stereocenters. The first-order valence-corrected chi connectivity index (χ1v) is 4.52. The number of aryl methyl sites for hydroxylation is 1. The molecular formula is C11H15NO. The zero-order valence-electron chi connectivity index (χ0n) is 8.12. The van der Waals surface area contributed by atoms with E-state index < -0.39 is 0 Å². The molecule has 0 radical (unpaired) electrons. The van der Waals surface area contributed by atoms with Crippen LogP contribution in [0.4, 0.5) is 0 Å². The second kappa shape index (κ2) is 4.65. The minimum Gasteiger partial charge on any atom is -0.411 e. The third-order valence-electron chi connectivity index (χ3n) is 2.21. The zero-order valence-corrected chi connectivity index (χ0v) is 8.12. The molecule has 0 saturated carbocycles.